The van der Waals surface area contributed by atoms with Crippen molar-refractivity contribution in [2.75, 3.05) is 17.7 Å². The van der Waals surface area contributed by atoms with Crippen LogP contribution in [-0.2, 0) is 9.53 Å². The second-order valence-corrected chi connectivity index (χ2v) is 5.08. The predicted octanol–water partition coefficient (Wildman–Crippen LogP) is 2.75. The maximum absolute atomic E-state index is 12.4. The maximum Gasteiger partial charge on any atom is 0.331 e. The molecule has 0 atom stereocenters. The number of rotatable bonds is 6. The normalized spacial score (nSPS) is 11.4. The number of esters is 1. The number of fused-ring (bicyclic) bond motifs is 1. The molecule has 1 aromatic carbocycles. The number of nitrogens with zero attached hydrogens (tertiary/aromatic N) is 2. The summed E-state index contributed by atoms with van der Waals surface area (Å²) in [7, 11) is 0. The van der Waals surface area contributed by atoms with Crippen molar-refractivity contribution in [1.29, 1.82) is 0 Å². The zero-order chi connectivity index (χ0) is 16.2. The van der Waals surface area contributed by atoms with Crippen LogP contribution in [0.4, 0.5) is 11.8 Å². The Morgan fingerprint density at radius 1 is 1.23 bits per heavy atom. The fraction of sp³-hybridized carbons (Fsp3) is 0.438. The van der Waals surface area contributed by atoms with Crippen LogP contribution in [0.15, 0.2) is 24.3 Å². The van der Waals surface area contributed by atoms with Crippen LogP contribution in [0, 0.1) is 0 Å². The fourth-order valence-electron chi connectivity index (χ4n) is 2.45. The van der Waals surface area contributed by atoms with Crippen molar-refractivity contribution >= 4 is 28.6 Å². The number of nitrogens with one attached hydrogen (secondary N) is 1. The summed E-state index contributed by atoms with van der Waals surface area (Å²) in [6.07, 6.45) is 1.17. The van der Waals surface area contributed by atoms with E-state index in [1.807, 2.05) is 38.1 Å². The van der Waals surface area contributed by atoms with Crippen LogP contribution in [0.25, 0.3) is 10.9 Å². The molecule has 0 unspecified atom stereocenters. The third-order valence-corrected chi connectivity index (χ3v) is 3.85. The lowest BCUT2D eigenvalue weighted by molar-refractivity contribution is -0.148. The molecule has 0 radical (unpaired) electrons. The first-order chi connectivity index (χ1) is 10.6. The Morgan fingerprint density at radius 3 is 2.55 bits per heavy atom. The van der Waals surface area contributed by atoms with Gasteiger partial charge in [-0.25, -0.2) is 9.78 Å². The van der Waals surface area contributed by atoms with Gasteiger partial charge in [-0.05, 0) is 31.9 Å². The fourth-order valence-corrected chi connectivity index (χ4v) is 2.45. The highest BCUT2D eigenvalue weighted by molar-refractivity contribution is 5.93. The van der Waals surface area contributed by atoms with Crippen LogP contribution >= 0.6 is 0 Å². The maximum atomic E-state index is 12.4. The molecule has 6 heteroatoms. The van der Waals surface area contributed by atoms with Crippen LogP contribution in [-0.4, -0.2) is 28.1 Å². The summed E-state index contributed by atoms with van der Waals surface area (Å²) >= 11 is 0. The number of carbonyl (C=O) groups is 1. The number of hydrogen-bond acceptors (Lipinski definition) is 6. The first-order valence-electron chi connectivity index (χ1n) is 7.54. The van der Waals surface area contributed by atoms with Gasteiger partial charge in [-0.1, -0.05) is 26.0 Å². The molecule has 0 spiro atoms. The topological polar surface area (TPSA) is 90.1 Å². The van der Waals surface area contributed by atoms with Gasteiger partial charge in [0, 0.05) is 5.39 Å². The van der Waals surface area contributed by atoms with E-state index in [-0.39, 0.29) is 11.9 Å². The molecule has 0 aliphatic heterocycles. The minimum absolute atomic E-state index is 0.172. The van der Waals surface area contributed by atoms with E-state index in [0.29, 0.717) is 25.3 Å². The monoisotopic (exact) mass is 302 g/mol. The summed E-state index contributed by atoms with van der Waals surface area (Å²) in [6.45, 7) is 6.03. The van der Waals surface area contributed by atoms with Crippen molar-refractivity contribution in [3.8, 4) is 0 Å². The average Bonchev–Trinajstić information content (AvgIpc) is 2.52. The molecule has 1 aromatic heterocycles. The molecule has 22 heavy (non-hydrogen) atoms. The summed E-state index contributed by atoms with van der Waals surface area (Å²) in [5, 5.41) is 4.08. The highest BCUT2D eigenvalue weighted by Gasteiger charge is 2.37. The van der Waals surface area contributed by atoms with Gasteiger partial charge in [0.2, 0.25) is 5.95 Å². The van der Waals surface area contributed by atoms with Crippen molar-refractivity contribution in [3.05, 3.63) is 24.3 Å². The zero-order valence-corrected chi connectivity index (χ0v) is 13.2. The molecule has 2 aromatic rings. The number of para-hydroxylation sites is 1. The molecule has 3 N–H and O–H groups in total. The van der Waals surface area contributed by atoms with Crippen molar-refractivity contribution in [2.45, 2.75) is 39.2 Å². The molecule has 0 saturated heterocycles. The number of carbonyl (C=O) groups excluding carboxylic acids is 1. The lowest BCUT2D eigenvalue weighted by atomic mass is 9.92. The molecule has 0 aliphatic rings. The smallest absolute Gasteiger partial charge is 0.331 e. The number of nitrogen functional groups attached to an aromatic ring is 1. The van der Waals surface area contributed by atoms with Crippen molar-refractivity contribution < 1.29 is 9.53 Å². The zero-order valence-electron chi connectivity index (χ0n) is 13.2. The molecule has 0 amide bonds. The predicted molar refractivity (Wildman–Crippen MR) is 87.5 cm³/mol. The number of aromatic nitrogens is 2. The summed E-state index contributed by atoms with van der Waals surface area (Å²) in [6, 6.07) is 7.55. The number of hydrogen-bond donors (Lipinski definition) is 2. The summed E-state index contributed by atoms with van der Waals surface area (Å²) < 4.78 is 5.23. The molecule has 2 rings (SSSR count). The Labute approximate surface area is 130 Å². The third-order valence-electron chi connectivity index (χ3n) is 3.85. The lowest BCUT2D eigenvalue weighted by Gasteiger charge is -2.31. The number of nitrogens with two attached hydrogens (primary N) is 1. The van der Waals surface area contributed by atoms with Crippen LogP contribution in [0.3, 0.4) is 0 Å². The van der Waals surface area contributed by atoms with Crippen molar-refractivity contribution in [1.82, 2.24) is 9.97 Å². The first-order valence-corrected chi connectivity index (χ1v) is 7.54. The van der Waals surface area contributed by atoms with Crippen molar-refractivity contribution in [2.24, 2.45) is 0 Å². The Hall–Kier alpha value is -2.37. The van der Waals surface area contributed by atoms with E-state index < -0.39 is 5.54 Å². The minimum Gasteiger partial charge on any atom is -0.464 e. The van der Waals surface area contributed by atoms with E-state index in [2.05, 4.69) is 15.3 Å². The van der Waals surface area contributed by atoms with Gasteiger partial charge in [0.05, 0.1) is 12.1 Å². The van der Waals surface area contributed by atoms with Crippen LogP contribution in [0.2, 0.25) is 0 Å². The Balaban J connectivity index is 2.48. The quantitative estimate of drug-likeness (QED) is 0.797. The molecule has 1 heterocycles. The first kappa shape index (κ1) is 16.0. The molecular weight excluding hydrogens is 280 g/mol. The van der Waals surface area contributed by atoms with E-state index in [0.717, 1.165) is 10.9 Å². The molecule has 0 bridgehead atoms. The Kier molecular flexibility index (Phi) is 4.80. The highest BCUT2D eigenvalue weighted by atomic mass is 16.5. The van der Waals surface area contributed by atoms with E-state index in [1.54, 1.807) is 6.92 Å². The van der Waals surface area contributed by atoms with Gasteiger partial charge in [-0.2, -0.15) is 4.98 Å². The van der Waals surface area contributed by atoms with E-state index >= 15 is 0 Å². The standard InChI is InChI=1S/C16H22N4O2/c1-4-16(5-2,14(21)22-6-3)20-13-11-9-7-8-10-12(11)18-15(17)19-13/h7-10H,4-6H2,1-3H3,(H3,17,18,19,20). The molecule has 0 saturated carbocycles. The molecular formula is C16H22N4O2. The second-order valence-electron chi connectivity index (χ2n) is 5.08. The summed E-state index contributed by atoms with van der Waals surface area (Å²) in [5.41, 5.74) is 5.70. The highest BCUT2D eigenvalue weighted by Crippen LogP contribution is 2.28. The third kappa shape index (κ3) is 2.95. The molecule has 6 nitrogen and oxygen atoms in total. The number of benzene rings is 1. The van der Waals surface area contributed by atoms with Crippen LogP contribution in [0.5, 0.6) is 0 Å². The van der Waals surface area contributed by atoms with Gasteiger partial charge >= 0.3 is 5.97 Å². The molecule has 0 aliphatic carbocycles. The number of anilines is 2. The summed E-state index contributed by atoms with van der Waals surface area (Å²) in [4.78, 5) is 20.9. The number of ether oxygens (including phenoxy) is 1. The molecule has 118 valence electrons. The van der Waals surface area contributed by atoms with Gasteiger partial charge in [0.25, 0.3) is 0 Å². The van der Waals surface area contributed by atoms with E-state index in [9.17, 15) is 4.79 Å². The van der Waals surface area contributed by atoms with Crippen LogP contribution < -0.4 is 11.1 Å². The SMILES string of the molecule is CCOC(=O)C(CC)(CC)Nc1nc(N)nc2ccccc12. The largest absolute Gasteiger partial charge is 0.464 e. The lowest BCUT2D eigenvalue weighted by Crippen LogP contribution is -2.47. The Bertz CT molecular complexity index is 668. The van der Waals surface area contributed by atoms with Gasteiger partial charge < -0.3 is 15.8 Å². The van der Waals surface area contributed by atoms with Crippen LogP contribution in [0.1, 0.15) is 33.6 Å². The van der Waals surface area contributed by atoms with Gasteiger partial charge in [0.15, 0.2) is 0 Å². The van der Waals surface area contributed by atoms with E-state index in [4.69, 9.17) is 10.5 Å². The van der Waals surface area contributed by atoms with Gasteiger partial charge in [-0.3, -0.25) is 0 Å². The van der Waals surface area contributed by atoms with Gasteiger partial charge in [-0.15, -0.1) is 0 Å². The summed E-state index contributed by atoms with van der Waals surface area (Å²) in [5.74, 6) is 0.451. The molecule has 0 fully saturated rings. The van der Waals surface area contributed by atoms with E-state index in [1.165, 1.54) is 0 Å². The van der Waals surface area contributed by atoms with Crippen molar-refractivity contribution in [3.63, 3.8) is 0 Å². The van der Waals surface area contributed by atoms with Gasteiger partial charge in [0.1, 0.15) is 11.4 Å². The second kappa shape index (κ2) is 6.60. The minimum atomic E-state index is -0.820. The Morgan fingerprint density at radius 2 is 1.91 bits per heavy atom. The average molecular weight is 302 g/mol.